The van der Waals surface area contributed by atoms with Gasteiger partial charge < -0.3 is 9.80 Å². The van der Waals surface area contributed by atoms with Crippen molar-refractivity contribution in [1.82, 2.24) is 20.0 Å². The molecule has 0 radical (unpaired) electrons. The van der Waals surface area contributed by atoms with Gasteiger partial charge in [0.2, 0.25) is 0 Å². The van der Waals surface area contributed by atoms with Crippen LogP contribution in [0.5, 0.6) is 0 Å². The summed E-state index contributed by atoms with van der Waals surface area (Å²) in [4.78, 5) is 16.4. The molecule has 0 aliphatic heterocycles. The minimum Gasteiger partial charge on any atom is -0.332 e. The number of aromatic nitrogens is 2. The zero-order valence-electron chi connectivity index (χ0n) is 16.6. The van der Waals surface area contributed by atoms with Crippen molar-refractivity contribution in [2.45, 2.75) is 39.4 Å². The lowest BCUT2D eigenvalue weighted by molar-refractivity contribution is -0.141. The Morgan fingerprint density at radius 1 is 1.07 bits per heavy atom. The lowest BCUT2D eigenvalue weighted by Crippen LogP contribution is -2.39. The quantitative estimate of drug-likeness (QED) is 0.589. The number of alkyl halides is 3. The average Bonchev–Trinajstić information content (AvgIpc) is 3.17. The van der Waals surface area contributed by atoms with Crippen LogP contribution in [0.4, 0.5) is 17.6 Å². The maximum atomic E-state index is 14.1. The van der Waals surface area contributed by atoms with E-state index >= 15 is 0 Å². The van der Waals surface area contributed by atoms with E-state index in [1.807, 2.05) is 13.8 Å². The van der Waals surface area contributed by atoms with E-state index in [0.717, 1.165) is 25.9 Å². The van der Waals surface area contributed by atoms with Gasteiger partial charge in [-0.3, -0.25) is 9.89 Å². The number of hydrogen-bond donors (Lipinski definition) is 1. The monoisotopic (exact) mass is 414 g/mol. The Labute approximate surface area is 167 Å². The van der Waals surface area contributed by atoms with E-state index in [4.69, 9.17) is 0 Å². The second-order valence-electron chi connectivity index (χ2n) is 6.82. The summed E-state index contributed by atoms with van der Waals surface area (Å²) in [6.45, 7) is 6.55. The van der Waals surface area contributed by atoms with Gasteiger partial charge in [-0.15, -0.1) is 0 Å². The number of hydrogen-bond acceptors (Lipinski definition) is 3. The minimum atomic E-state index is -4.65. The summed E-state index contributed by atoms with van der Waals surface area (Å²) in [7, 11) is 0. The first kappa shape index (κ1) is 22.9. The summed E-state index contributed by atoms with van der Waals surface area (Å²) in [6, 6.07) is 6.72. The van der Waals surface area contributed by atoms with E-state index in [2.05, 4.69) is 15.1 Å². The molecule has 2 rings (SSSR count). The number of nitrogens with zero attached hydrogens (tertiary/aromatic N) is 3. The van der Waals surface area contributed by atoms with Gasteiger partial charge in [0, 0.05) is 31.3 Å². The second kappa shape index (κ2) is 10.4. The number of benzene rings is 1. The molecule has 0 atom stereocenters. The van der Waals surface area contributed by atoms with Crippen LogP contribution in [-0.2, 0) is 12.7 Å². The molecule has 0 fully saturated rings. The van der Waals surface area contributed by atoms with Crippen LogP contribution in [0, 0.1) is 5.82 Å². The van der Waals surface area contributed by atoms with E-state index in [9.17, 15) is 22.4 Å². The van der Waals surface area contributed by atoms with E-state index in [0.29, 0.717) is 18.2 Å². The third-order valence-electron chi connectivity index (χ3n) is 4.47. The topological polar surface area (TPSA) is 52.2 Å². The van der Waals surface area contributed by atoms with Crippen LogP contribution >= 0.6 is 0 Å². The van der Waals surface area contributed by atoms with Crippen LogP contribution in [0.15, 0.2) is 30.3 Å². The number of nitrogens with one attached hydrogen (secondary N) is 1. The van der Waals surface area contributed by atoms with Crippen molar-refractivity contribution in [1.29, 1.82) is 0 Å². The van der Waals surface area contributed by atoms with Crippen LogP contribution in [0.3, 0.4) is 0 Å². The van der Waals surface area contributed by atoms with Gasteiger partial charge in [0.1, 0.15) is 11.5 Å². The van der Waals surface area contributed by atoms with Crippen molar-refractivity contribution in [2.24, 2.45) is 0 Å². The summed E-state index contributed by atoms with van der Waals surface area (Å²) in [5, 5.41) is 5.35. The molecule has 1 amide bonds. The smallest absolute Gasteiger partial charge is 0.332 e. The molecule has 0 unspecified atom stereocenters. The first-order chi connectivity index (χ1) is 13.8. The fourth-order valence-electron chi connectivity index (χ4n) is 3.06. The third-order valence-corrected chi connectivity index (χ3v) is 4.47. The Balaban J connectivity index is 2.22. The maximum Gasteiger partial charge on any atom is 0.435 e. The van der Waals surface area contributed by atoms with Crippen molar-refractivity contribution >= 4 is 5.91 Å². The van der Waals surface area contributed by atoms with Gasteiger partial charge in [0.05, 0.1) is 0 Å². The molecule has 0 saturated carbocycles. The second-order valence-corrected chi connectivity index (χ2v) is 6.82. The number of aromatic amines is 1. The molecule has 2 aromatic rings. The Hall–Kier alpha value is -2.42. The van der Waals surface area contributed by atoms with Gasteiger partial charge in [0.15, 0.2) is 5.69 Å². The van der Waals surface area contributed by atoms with Gasteiger partial charge >= 0.3 is 6.18 Å². The maximum absolute atomic E-state index is 14.1. The Kier molecular flexibility index (Phi) is 8.19. The number of H-pyrrole nitrogens is 1. The molecular formula is C20H26F4N4O. The SMILES string of the molecule is CCCN(CCC)CCN(Cc1ccccc1F)C(=O)c1cc(C(F)(F)F)n[nH]1. The molecule has 0 aliphatic rings. The number of amides is 1. The van der Waals surface area contributed by atoms with Gasteiger partial charge in [-0.05, 0) is 32.0 Å². The lowest BCUT2D eigenvalue weighted by Gasteiger charge is -2.27. The highest BCUT2D eigenvalue weighted by Crippen LogP contribution is 2.28. The van der Waals surface area contributed by atoms with Crippen LogP contribution in [0.2, 0.25) is 0 Å². The van der Waals surface area contributed by atoms with Gasteiger partial charge in [-0.1, -0.05) is 32.0 Å². The minimum absolute atomic E-state index is 0.0437. The van der Waals surface area contributed by atoms with Crippen molar-refractivity contribution < 1.29 is 22.4 Å². The Bertz CT molecular complexity index is 785. The number of rotatable bonds is 10. The normalized spacial score (nSPS) is 11.8. The molecule has 0 bridgehead atoms. The number of carbonyl (C=O) groups is 1. The molecular weight excluding hydrogens is 388 g/mol. The van der Waals surface area contributed by atoms with E-state index in [1.165, 1.54) is 11.0 Å². The standard InChI is InChI=1S/C20H26F4N4O/c1-3-9-27(10-4-2)11-12-28(14-15-7-5-6-8-16(15)21)19(29)17-13-18(26-25-17)20(22,23)24/h5-8,13H,3-4,9-12,14H2,1-2H3,(H,25,26). The summed E-state index contributed by atoms with van der Waals surface area (Å²) in [6.07, 6.45) is -2.77. The molecule has 0 spiro atoms. The van der Waals surface area contributed by atoms with Crippen LogP contribution in [-0.4, -0.2) is 52.1 Å². The molecule has 29 heavy (non-hydrogen) atoms. The Morgan fingerprint density at radius 2 is 1.72 bits per heavy atom. The largest absolute Gasteiger partial charge is 0.435 e. The molecule has 160 valence electrons. The molecule has 0 saturated heterocycles. The predicted molar refractivity (Wildman–Crippen MR) is 102 cm³/mol. The fraction of sp³-hybridized carbons (Fsp3) is 0.500. The summed E-state index contributed by atoms with van der Waals surface area (Å²) < 4.78 is 52.6. The molecule has 1 N–H and O–H groups in total. The van der Waals surface area contributed by atoms with Crippen molar-refractivity contribution in [3.8, 4) is 0 Å². The van der Waals surface area contributed by atoms with Gasteiger partial charge in [-0.2, -0.15) is 18.3 Å². The zero-order valence-corrected chi connectivity index (χ0v) is 16.6. The summed E-state index contributed by atoms with van der Waals surface area (Å²) in [5.41, 5.74) is -1.13. The van der Waals surface area contributed by atoms with E-state index in [-0.39, 0.29) is 18.8 Å². The first-order valence-corrected chi connectivity index (χ1v) is 9.63. The highest BCUT2D eigenvalue weighted by atomic mass is 19.4. The molecule has 9 heteroatoms. The highest BCUT2D eigenvalue weighted by molar-refractivity contribution is 5.92. The van der Waals surface area contributed by atoms with E-state index < -0.39 is 23.6 Å². The van der Waals surface area contributed by atoms with E-state index in [1.54, 1.807) is 18.2 Å². The molecule has 1 aromatic carbocycles. The van der Waals surface area contributed by atoms with Crippen molar-refractivity contribution in [2.75, 3.05) is 26.2 Å². The first-order valence-electron chi connectivity index (χ1n) is 9.63. The van der Waals surface area contributed by atoms with Crippen molar-refractivity contribution in [3.05, 3.63) is 53.1 Å². The predicted octanol–water partition coefficient (Wildman–Crippen LogP) is 4.33. The third kappa shape index (κ3) is 6.56. The molecule has 1 heterocycles. The number of halogens is 4. The fourth-order valence-corrected chi connectivity index (χ4v) is 3.06. The van der Waals surface area contributed by atoms with Crippen LogP contribution in [0.1, 0.15) is 48.4 Å². The lowest BCUT2D eigenvalue weighted by atomic mass is 10.2. The van der Waals surface area contributed by atoms with Crippen molar-refractivity contribution in [3.63, 3.8) is 0 Å². The summed E-state index contributed by atoms with van der Waals surface area (Å²) >= 11 is 0. The van der Waals surface area contributed by atoms with Gasteiger partial charge in [-0.25, -0.2) is 4.39 Å². The highest BCUT2D eigenvalue weighted by Gasteiger charge is 2.35. The van der Waals surface area contributed by atoms with Gasteiger partial charge in [0.25, 0.3) is 5.91 Å². The zero-order chi connectivity index (χ0) is 21.4. The Morgan fingerprint density at radius 3 is 2.28 bits per heavy atom. The molecule has 5 nitrogen and oxygen atoms in total. The molecule has 0 aliphatic carbocycles. The van der Waals surface area contributed by atoms with Crippen LogP contribution < -0.4 is 0 Å². The number of carbonyl (C=O) groups excluding carboxylic acids is 1. The average molecular weight is 414 g/mol. The van der Waals surface area contributed by atoms with Crippen LogP contribution in [0.25, 0.3) is 0 Å². The molecule has 1 aromatic heterocycles. The summed E-state index contributed by atoms with van der Waals surface area (Å²) in [5.74, 6) is -1.12.